The average molecular weight is 211 g/mol. The molecule has 1 aliphatic carbocycles. The Labute approximate surface area is 96.0 Å². The van der Waals surface area contributed by atoms with Gasteiger partial charge in [-0.15, -0.1) is 0 Å². The van der Waals surface area contributed by atoms with Crippen molar-refractivity contribution in [1.29, 1.82) is 0 Å². The molecule has 0 bridgehead atoms. The Balaban J connectivity index is 2.28. The van der Waals surface area contributed by atoms with Crippen LogP contribution in [0.4, 0.5) is 0 Å². The Kier molecular flexibility index (Phi) is 6.31. The normalized spacial score (nSPS) is 22.6. The fourth-order valence-electron chi connectivity index (χ4n) is 2.90. The van der Waals surface area contributed by atoms with Crippen LogP contribution in [-0.4, -0.2) is 12.1 Å². The van der Waals surface area contributed by atoms with Crippen LogP contribution in [0.25, 0.3) is 0 Å². The molecule has 0 saturated heterocycles. The van der Waals surface area contributed by atoms with Gasteiger partial charge in [-0.05, 0) is 38.5 Å². The summed E-state index contributed by atoms with van der Waals surface area (Å²) >= 11 is 0. The zero-order chi connectivity index (χ0) is 11.1. The molecule has 1 heteroatoms. The van der Waals surface area contributed by atoms with Crippen molar-refractivity contribution in [1.82, 2.24) is 5.32 Å². The van der Waals surface area contributed by atoms with Gasteiger partial charge in [-0.25, -0.2) is 0 Å². The van der Waals surface area contributed by atoms with E-state index in [0.29, 0.717) is 0 Å². The van der Waals surface area contributed by atoms with Crippen LogP contribution in [0.1, 0.15) is 72.1 Å². The van der Waals surface area contributed by atoms with Crippen molar-refractivity contribution < 1.29 is 0 Å². The van der Waals surface area contributed by atoms with Crippen LogP contribution in [0.15, 0.2) is 0 Å². The SMILES string of the molecule is CCCC(CC)N[C@H](C)C1CCCCC1. The first-order valence-corrected chi connectivity index (χ1v) is 7.04. The van der Waals surface area contributed by atoms with Crippen LogP contribution in [0.5, 0.6) is 0 Å². The predicted octanol–water partition coefficient (Wildman–Crippen LogP) is 4.12. The highest BCUT2D eigenvalue weighted by atomic mass is 14.9. The lowest BCUT2D eigenvalue weighted by atomic mass is 9.84. The highest BCUT2D eigenvalue weighted by Crippen LogP contribution is 2.26. The van der Waals surface area contributed by atoms with E-state index >= 15 is 0 Å². The number of hydrogen-bond donors (Lipinski definition) is 1. The third-order valence-corrected chi connectivity index (χ3v) is 3.99. The van der Waals surface area contributed by atoms with Gasteiger partial charge in [0.15, 0.2) is 0 Å². The molecule has 1 nitrogen and oxygen atoms in total. The molecule has 0 aromatic heterocycles. The van der Waals surface area contributed by atoms with Gasteiger partial charge in [0, 0.05) is 12.1 Å². The fourth-order valence-corrected chi connectivity index (χ4v) is 2.90. The van der Waals surface area contributed by atoms with Crippen LogP contribution in [0.2, 0.25) is 0 Å². The zero-order valence-electron chi connectivity index (χ0n) is 10.9. The minimum atomic E-state index is 0.738. The van der Waals surface area contributed by atoms with Crippen LogP contribution >= 0.6 is 0 Å². The van der Waals surface area contributed by atoms with E-state index in [1.165, 1.54) is 51.4 Å². The summed E-state index contributed by atoms with van der Waals surface area (Å²) in [5, 5.41) is 3.84. The van der Waals surface area contributed by atoms with E-state index in [0.717, 1.165) is 18.0 Å². The standard InChI is InChI=1S/C14H29N/c1-4-9-14(5-2)15-12(3)13-10-7-6-8-11-13/h12-15H,4-11H2,1-3H3/t12-,14?/m1/s1. The molecular formula is C14H29N. The average Bonchev–Trinajstić information content (AvgIpc) is 2.29. The molecule has 0 aliphatic heterocycles. The molecule has 0 amide bonds. The highest BCUT2D eigenvalue weighted by Gasteiger charge is 2.21. The maximum absolute atomic E-state index is 3.84. The van der Waals surface area contributed by atoms with Gasteiger partial charge >= 0.3 is 0 Å². The Bertz CT molecular complexity index is 149. The van der Waals surface area contributed by atoms with Crippen molar-refractivity contribution in [3.8, 4) is 0 Å². The third kappa shape index (κ3) is 4.55. The summed E-state index contributed by atoms with van der Waals surface area (Å²) in [6, 6.07) is 1.49. The van der Waals surface area contributed by atoms with Crippen LogP contribution in [-0.2, 0) is 0 Å². The molecule has 0 radical (unpaired) electrons. The van der Waals surface area contributed by atoms with E-state index < -0.39 is 0 Å². The maximum atomic E-state index is 3.84. The lowest BCUT2D eigenvalue weighted by Crippen LogP contribution is -2.41. The van der Waals surface area contributed by atoms with Gasteiger partial charge in [-0.2, -0.15) is 0 Å². The number of rotatable bonds is 6. The quantitative estimate of drug-likeness (QED) is 0.697. The van der Waals surface area contributed by atoms with Crippen molar-refractivity contribution in [2.24, 2.45) is 5.92 Å². The van der Waals surface area contributed by atoms with Crippen molar-refractivity contribution in [2.45, 2.75) is 84.2 Å². The second-order valence-corrected chi connectivity index (χ2v) is 5.25. The molecule has 1 N–H and O–H groups in total. The van der Waals surface area contributed by atoms with E-state index in [2.05, 4.69) is 26.1 Å². The van der Waals surface area contributed by atoms with E-state index in [-0.39, 0.29) is 0 Å². The predicted molar refractivity (Wildman–Crippen MR) is 68.2 cm³/mol. The molecule has 1 unspecified atom stereocenters. The van der Waals surface area contributed by atoms with Gasteiger partial charge in [-0.3, -0.25) is 0 Å². The van der Waals surface area contributed by atoms with Crippen LogP contribution < -0.4 is 5.32 Å². The summed E-state index contributed by atoms with van der Waals surface area (Å²) in [6.07, 6.45) is 11.2. The van der Waals surface area contributed by atoms with E-state index in [1.807, 2.05) is 0 Å². The molecule has 2 atom stereocenters. The summed E-state index contributed by atoms with van der Waals surface area (Å²) in [7, 11) is 0. The monoisotopic (exact) mass is 211 g/mol. The van der Waals surface area contributed by atoms with Gasteiger partial charge in [0.2, 0.25) is 0 Å². The fraction of sp³-hybridized carbons (Fsp3) is 1.00. The maximum Gasteiger partial charge on any atom is 0.00695 e. The number of hydrogen-bond acceptors (Lipinski definition) is 1. The Morgan fingerprint density at radius 2 is 1.80 bits per heavy atom. The molecule has 1 aliphatic rings. The van der Waals surface area contributed by atoms with E-state index in [1.54, 1.807) is 0 Å². The van der Waals surface area contributed by atoms with E-state index in [4.69, 9.17) is 0 Å². The smallest absolute Gasteiger partial charge is 0.00695 e. The van der Waals surface area contributed by atoms with Gasteiger partial charge in [0.1, 0.15) is 0 Å². The molecule has 0 heterocycles. The number of nitrogens with one attached hydrogen (secondary N) is 1. The van der Waals surface area contributed by atoms with Gasteiger partial charge in [0.25, 0.3) is 0 Å². The Hall–Kier alpha value is -0.0400. The largest absolute Gasteiger partial charge is 0.311 e. The molecule has 90 valence electrons. The summed E-state index contributed by atoms with van der Waals surface area (Å²) in [5.74, 6) is 0.949. The van der Waals surface area contributed by atoms with Gasteiger partial charge in [0.05, 0.1) is 0 Å². The topological polar surface area (TPSA) is 12.0 Å². The van der Waals surface area contributed by atoms with Crippen LogP contribution in [0.3, 0.4) is 0 Å². The first-order valence-electron chi connectivity index (χ1n) is 7.04. The molecular weight excluding hydrogens is 182 g/mol. The minimum Gasteiger partial charge on any atom is -0.311 e. The molecule has 15 heavy (non-hydrogen) atoms. The second-order valence-electron chi connectivity index (χ2n) is 5.25. The first kappa shape index (κ1) is 13.0. The van der Waals surface area contributed by atoms with Crippen molar-refractivity contribution in [3.63, 3.8) is 0 Å². The van der Waals surface area contributed by atoms with Crippen molar-refractivity contribution in [3.05, 3.63) is 0 Å². The summed E-state index contributed by atoms with van der Waals surface area (Å²) < 4.78 is 0. The van der Waals surface area contributed by atoms with Crippen LogP contribution in [0, 0.1) is 5.92 Å². The zero-order valence-corrected chi connectivity index (χ0v) is 10.9. The third-order valence-electron chi connectivity index (χ3n) is 3.99. The molecule has 0 aromatic rings. The summed E-state index contributed by atoms with van der Waals surface area (Å²) in [5.41, 5.74) is 0. The molecule has 0 aromatic carbocycles. The van der Waals surface area contributed by atoms with Gasteiger partial charge in [-0.1, -0.05) is 39.5 Å². The van der Waals surface area contributed by atoms with Crippen molar-refractivity contribution >= 4 is 0 Å². The Morgan fingerprint density at radius 1 is 1.13 bits per heavy atom. The summed E-state index contributed by atoms with van der Waals surface area (Å²) in [4.78, 5) is 0. The molecule has 1 saturated carbocycles. The summed E-state index contributed by atoms with van der Waals surface area (Å²) in [6.45, 7) is 6.99. The first-order chi connectivity index (χ1) is 7.27. The second kappa shape index (κ2) is 7.27. The molecule has 1 fully saturated rings. The van der Waals surface area contributed by atoms with Gasteiger partial charge < -0.3 is 5.32 Å². The van der Waals surface area contributed by atoms with Crippen molar-refractivity contribution in [2.75, 3.05) is 0 Å². The lowest BCUT2D eigenvalue weighted by molar-refractivity contribution is 0.257. The highest BCUT2D eigenvalue weighted by molar-refractivity contribution is 4.78. The van der Waals surface area contributed by atoms with E-state index in [9.17, 15) is 0 Å². The molecule has 0 spiro atoms. The molecule has 1 rings (SSSR count). The minimum absolute atomic E-state index is 0.738. The lowest BCUT2D eigenvalue weighted by Gasteiger charge is -2.31. The Morgan fingerprint density at radius 3 is 2.33 bits per heavy atom.